The van der Waals surface area contributed by atoms with Crippen molar-refractivity contribution in [3.05, 3.63) is 92.6 Å². The van der Waals surface area contributed by atoms with Crippen LogP contribution in [0.15, 0.2) is 79.1 Å². The second-order valence-electron chi connectivity index (χ2n) is 11.8. The maximum absolute atomic E-state index is 12.6. The lowest BCUT2D eigenvalue weighted by Crippen LogP contribution is -2.62. The quantitative estimate of drug-likeness (QED) is 0.117. The van der Waals surface area contributed by atoms with E-state index in [0.29, 0.717) is 21.9 Å². The average molecular weight is 689 g/mol. The van der Waals surface area contributed by atoms with Gasteiger partial charge in [0.05, 0.1) is 50.3 Å². The SMILES string of the molecule is O=c1oc2ccccc2cc1COC1C(O)[C@H](S[C@@H]2OC(CO)CC(CO)(OCc3cc4ccccc4oc3=O)C2O)OC(CO)[C@@H]1O. The van der Waals surface area contributed by atoms with Crippen molar-refractivity contribution in [2.45, 2.75) is 72.7 Å². The molecule has 0 aliphatic carbocycles. The number of hydrogen-bond donors (Lipinski definition) is 6. The monoisotopic (exact) mass is 688 g/mol. The highest BCUT2D eigenvalue weighted by Crippen LogP contribution is 2.42. The molecule has 15 heteroatoms. The zero-order chi connectivity index (χ0) is 34.0. The molecule has 6 unspecified atom stereocenters. The molecular formula is C33H36O14S. The Kier molecular flexibility index (Phi) is 10.6. The van der Waals surface area contributed by atoms with Crippen LogP contribution >= 0.6 is 11.8 Å². The van der Waals surface area contributed by atoms with Gasteiger partial charge in [-0.1, -0.05) is 48.2 Å². The Balaban J connectivity index is 1.19. The first-order valence-corrected chi connectivity index (χ1v) is 16.2. The maximum Gasteiger partial charge on any atom is 0.341 e. The third-order valence-electron chi connectivity index (χ3n) is 8.63. The van der Waals surface area contributed by atoms with Crippen LogP contribution in [0.25, 0.3) is 21.9 Å². The minimum atomic E-state index is -1.73. The molecule has 2 saturated heterocycles. The van der Waals surface area contributed by atoms with Gasteiger partial charge in [0.15, 0.2) is 0 Å². The average Bonchev–Trinajstić information content (AvgIpc) is 3.09. The van der Waals surface area contributed by atoms with Gasteiger partial charge < -0.3 is 58.4 Å². The van der Waals surface area contributed by atoms with Crippen LogP contribution in [0.5, 0.6) is 0 Å². The van der Waals surface area contributed by atoms with Crippen molar-refractivity contribution in [3.8, 4) is 0 Å². The third-order valence-corrected chi connectivity index (χ3v) is 9.93. The number of aliphatic hydroxyl groups excluding tert-OH is 6. The molecule has 48 heavy (non-hydrogen) atoms. The molecule has 0 spiro atoms. The minimum Gasteiger partial charge on any atom is -0.422 e. The highest BCUT2D eigenvalue weighted by atomic mass is 32.2. The van der Waals surface area contributed by atoms with Crippen LogP contribution in [0.2, 0.25) is 0 Å². The van der Waals surface area contributed by atoms with Gasteiger partial charge in [0.25, 0.3) is 0 Å². The summed E-state index contributed by atoms with van der Waals surface area (Å²) in [6.45, 7) is -2.59. The molecule has 4 heterocycles. The molecule has 0 radical (unpaired) electrons. The molecule has 2 aliphatic rings. The van der Waals surface area contributed by atoms with Crippen LogP contribution in [0.3, 0.4) is 0 Å². The van der Waals surface area contributed by atoms with E-state index in [0.717, 1.165) is 11.8 Å². The molecule has 2 fully saturated rings. The van der Waals surface area contributed by atoms with Crippen LogP contribution in [-0.4, -0.2) is 104 Å². The largest absolute Gasteiger partial charge is 0.422 e. The molecule has 0 saturated carbocycles. The van der Waals surface area contributed by atoms with Crippen molar-refractivity contribution < 1.29 is 58.4 Å². The highest BCUT2D eigenvalue weighted by molar-refractivity contribution is 8.00. The normalized spacial score (nSPS) is 31.0. The Labute approximate surface area is 277 Å². The van der Waals surface area contributed by atoms with E-state index in [1.54, 1.807) is 60.7 Å². The van der Waals surface area contributed by atoms with Crippen molar-refractivity contribution in [1.29, 1.82) is 0 Å². The fourth-order valence-corrected chi connectivity index (χ4v) is 7.35. The fourth-order valence-electron chi connectivity index (χ4n) is 5.94. The zero-order valence-corrected chi connectivity index (χ0v) is 26.3. The lowest BCUT2D eigenvalue weighted by atomic mass is 9.88. The standard InChI is InChI=1S/C33H36O14S/c34-12-21-11-33(16-36,43-15-20-10-18-6-2-4-8-23(18)46-30(20)41)28(39)32(44-21)48-31-26(38)27(25(37)24(13-35)47-31)42-14-19-9-17-5-1-3-7-22(17)45-29(19)40/h1-10,21,24-28,31-32,34-39H,11-16H2/t21?,24?,25-,26?,27?,28?,31-,32-,33?/m0/s1. The molecule has 9 atom stereocenters. The number of fused-ring (bicyclic) bond motifs is 2. The van der Waals surface area contributed by atoms with Gasteiger partial charge in [-0.15, -0.1) is 0 Å². The minimum absolute atomic E-state index is 0.131. The van der Waals surface area contributed by atoms with Gasteiger partial charge in [-0.3, -0.25) is 0 Å². The second kappa shape index (κ2) is 14.7. The van der Waals surface area contributed by atoms with Gasteiger partial charge in [-0.05, 0) is 24.3 Å². The van der Waals surface area contributed by atoms with E-state index in [1.165, 1.54) is 0 Å². The second-order valence-corrected chi connectivity index (χ2v) is 13.0. The Morgan fingerprint density at radius 3 is 1.96 bits per heavy atom. The number of thioether (sulfide) groups is 1. The smallest absolute Gasteiger partial charge is 0.341 e. The first-order chi connectivity index (χ1) is 23.2. The number of rotatable bonds is 11. The van der Waals surface area contributed by atoms with Gasteiger partial charge in [0, 0.05) is 17.2 Å². The molecule has 2 aromatic carbocycles. The number of ether oxygens (including phenoxy) is 4. The van der Waals surface area contributed by atoms with Crippen molar-refractivity contribution in [1.82, 2.24) is 0 Å². The number of para-hydroxylation sites is 2. The lowest BCUT2D eigenvalue weighted by Gasteiger charge is -2.48. The highest BCUT2D eigenvalue weighted by Gasteiger charge is 2.53. The third kappa shape index (κ3) is 6.94. The Morgan fingerprint density at radius 2 is 1.38 bits per heavy atom. The van der Waals surface area contributed by atoms with Crippen molar-refractivity contribution in [2.24, 2.45) is 0 Å². The molecule has 2 aliphatic heterocycles. The van der Waals surface area contributed by atoms with Gasteiger partial charge in [0.1, 0.15) is 58.2 Å². The maximum atomic E-state index is 12.6. The van der Waals surface area contributed by atoms with Gasteiger partial charge in [0.2, 0.25) is 0 Å². The summed E-state index contributed by atoms with van der Waals surface area (Å²) < 4.78 is 34.2. The van der Waals surface area contributed by atoms with Crippen molar-refractivity contribution >= 4 is 33.7 Å². The molecule has 0 bridgehead atoms. The van der Waals surface area contributed by atoms with Crippen LogP contribution in [0, 0.1) is 0 Å². The first-order valence-electron chi connectivity index (χ1n) is 15.3. The Morgan fingerprint density at radius 1 is 0.771 bits per heavy atom. The summed E-state index contributed by atoms with van der Waals surface area (Å²) in [7, 11) is 0. The Hall–Kier alpha value is -3.19. The summed E-state index contributed by atoms with van der Waals surface area (Å²) in [4.78, 5) is 25.2. The van der Waals surface area contributed by atoms with E-state index >= 15 is 0 Å². The predicted molar refractivity (Wildman–Crippen MR) is 170 cm³/mol. The number of aliphatic hydroxyl groups is 6. The summed E-state index contributed by atoms with van der Waals surface area (Å²) in [5, 5.41) is 65.5. The summed E-state index contributed by atoms with van der Waals surface area (Å²) >= 11 is 0.763. The van der Waals surface area contributed by atoms with Gasteiger partial charge in [-0.25, -0.2) is 9.59 Å². The van der Waals surface area contributed by atoms with E-state index in [4.69, 9.17) is 27.8 Å². The van der Waals surface area contributed by atoms with E-state index in [9.17, 15) is 40.2 Å². The molecule has 6 N–H and O–H groups in total. The van der Waals surface area contributed by atoms with E-state index in [2.05, 4.69) is 0 Å². The van der Waals surface area contributed by atoms with E-state index in [1.807, 2.05) is 0 Å². The van der Waals surface area contributed by atoms with Crippen LogP contribution in [0.1, 0.15) is 17.5 Å². The van der Waals surface area contributed by atoms with Crippen LogP contribution < -0.4 is 11.3 Å². The topological polar surface area (TPSA) is 219 Å². The molecule has 2 aromatic heterocycles. The summed E-state index contributed by atoms with van der Waals surface area (Å²) in [5.41, 5.74) is -4.57. The van der Waals surface area contributed by atoms with Crippen LogP contribution in [-0.2, 0) is 32.2 Å². The number of benzene rings is 2. The molecule has 6 rings (SSSR count). The molecule has 0 amide bonds. The first kappa shape index (κ1) is 34.7. The summed E-state index contributed by atoms with van der Waals surface area (Å²) in [6, 6.07) is 16.9. The molecule has 258 valence electrons. The summed E-state index contributed by atoms with van der Waals surface area (Å²) in [6.07, 6.45) is -8.35. The molecular weight excluding hydrogens is 652 g/mol. The van der Waals surface area contributed by atoms with Crippen molar-refractivity contribution in [2.75, 3.05) is 19.8 Å². The molecule has 14 nitrogen and oxygen atoms in total. The van der Waals surface area contributed by atoms with Crippen LogP contribution in [0.4, 0.5) is 0 Å². The van der Waals surface area contributed by atoms with Gasteiger partial charge >= 0.3 is 11.3 Å². The Bertz CT molecular complexity index is 1830. The predicted octanol–water partition coefficient (Wildman–Crippen LogP) is 0.373. The van der Waals surface area contributed by atoms with Gasteiger partial charge in [-0.2, -0.15) is 0 Å². The fraction of sp³-hybridized carbons (Fsp3) is 0.455. The molecule has 4 aromatic rings. The summed E-state index contributed by atoms with van der Waals surface area (Å²) in [5.74, 6) is 0. The van der Waals surface area contributed by atoms with Crippen molar-refractivity contribution in [3.63, 3.8) is 0 Å². The number of hydrogen-bond acceptors (Lipinski definition) is 15. The van der Waals surface area contributed by atoms with E-state index in [-0.39, 0.29) is 30.8 Å². The van der Waals surface area contributed by atoms with E-state index < -0.39 is 84.2 Å². The zero-order valence-electron chi connectivity index (χ0n) is 25.5. The lowest BCUT2D eigenvalue weighted by molar-refractivity contribution is -0.239.